The van der Waals surface area contributed by atoms with Crippen molar-refractivity contribution in [3.8, 4) is 11.1 Å². The van der Waals surface area contributed by atoms with Crippen LogP contribution in [0.2, 0.25) is 5.02 Å². The quantitative estimate of drug-likeness (QED) is 0.220. The van der Waals surface area contributed by atoms with E-state index in [-0.39, 0.29) is 12.2 Å². The van der Waals surface area contributed by atoms with Gasteiger partial charge in [-0.25, -0.2) is 4.39 Å². The summed E-state index contributed by atoms with van der Waals surface area (Å²) in [6.07, 6.45) is 7.37. The number of hydrogen-bond acceptors (Lipinski definition) is 3. The zero-order chi connectivity index (χ0) is 23.9. The van der Waals surface area contributed by atoms with E-state index in [1.54, 1.807) is 12.3 Å². The largest absolute Gasteiger partial charge is 0.369 e. The molecule has 34 heavy (non-hydrogen) atoms. The van der Waals surface area contributed by atoms with Crippen LogP contribution in [-0.4, -0.2) is 10.9 Å². The van der Waals surface area contributed by atoms with E-state index in [0.29, 0.717) is 17.5 Å². The molecule has 0 aliphatic heterocycles. The average Bonchev–Trinajstić information content (AvgIpc) is 3.02. The molecule has 1 aromatic heterocycles. The van der Waals surface area contributed by atoms with Gasteiger partial charge in [0.25, 0.3) is 0 Å². The second-order valence-corrected chi connectivity index (χ2v) is 9.12. The summed E-state index contributed by atoms with van der Waals surface area (Å²) >= 11 is 7.41. The first-order valence-corrected chi connectivity index (χ1v) is 11.9. The number of aromatic nitrogens is 1. The molecule has 0 unspecified atom stereocenters. The minimum absolute atomic E-state index is 0.188. The van der Waals surface area contributed by atoms with Gasteiger partial charge in [-0.1, -0.05) is 54.1 Å². The molecule has 0 spiro atoms. The van der Waals surface area contributed by atoms with E-state index in [1.807, 2.05) is 79.7 Å². The molecule has 0 bridgehead atoms. The number of guanidine groups is 1. The Morgan fingerprint density at radius 2 is 1.91 bits per heavy atom. The molecule has 1 heterocycles. The molecule has 7 heteroatoms. The molecule has 0 amide bonds. The fraction of sp³-hybridized carbons (Fsp3) is 0.111. The predicted molar refractivity (Wildman–Crippen MR) is 141 cm³/mol. The molecular weight excluding hydrogens is 467 g/mol. The van der Waals surface area contributed by atoms with Crippen LogP contribution in [0.4, 0.5) is 4.39 Å². The van der Waals surface area contributed by atoms with Crippen LogP contribution in [0.3, 0.4) is 0 Å². The highest BCUT2D eigenvalue weighted by Gasteiger charge is 2.15. The van der Waals surface area contributed by atoms with Crippen LogP contribution in [0.15, 0.2) is 106 Å². The van der Waals surface area contributed by atoms with Crippen LogP contribution >= 0.6 is 23.5 Å². The Labute approximate surface area is 208 Å². The first kappa shape index (κ1) is 23.8. The average molecular weight is 491 g/mol. The van der Waals surface area contributed by atoms with Gasteiger partial charge >= 0.3 is 0 Å². The fourth-order valence-electron chi connectivity index (χ4n) is 3.50. The van der Waals surface area contributed by atoms with Crippen LogP contribution in [0.1, 0.15) is 24.6 Å². The summed E-state index contributed by atoms with van der Waals surface area (Å²) in [4.78, 5) is 5.73. The number of benzene rings is 2. The van der Waals surface area contributed by atoms with Crippen LogP contribution in [0.5, 0.6) is 0 Å². The number of rotatable bonds is 6. The van der Waals surface area contributed by atoms with Gasteiger partial charge in [0.05, 0.1) is 5.69 Å². The molecule has 4 rings (SSSR count). The van der Waals surface area contributed by atoms with Gasteiger partial charge in [-0.3, -0.25) is 4.98 Å². The zero-order valence-electron chi connectivity index (χ0n) is 18.6. The number of nitrogens with one attached hydrogen (secondary N) is 1. The van der Waals surface area contributed by atoms with Crippen molar-refractivity contribution in [1.29, 1.82) is 0 Å². The van der Waals surface area contributed by atoms with E-state index in [1.165, 1.54) is 11.9 Å². The maximum absolute atomic E-state index is 14.4. The topological polar surface area (TPSA) is 63.3 Å². The monoisotopic (exact) mass is 490 g/mol. The predicted octanol–water partition coefficient (Wildman–Crippen LogP) is 7.10. The van der Waals surface area contributed by atoms with Gasteiger partial charge in [0.1, 0.15) is 5.83 Å². The molecule has 0 radical (unpaired) electrons. The molecule has 172 valence electrons. The first-order valence-electron chi connectivity index (χ1n) is 10.8. The van der Waals surface area contributed by atoms with Crippen LogP contribution < -0.4 is 11.1 Å². The molecular formula is C27H24ClFN4S. The SMILES string of the molecule is CC1=CC=C(c2ncc(CN/C(N)=N/Sc3ccccc3)cc2-c2ccc(Cl)cc2)CC(F)=C1. The Morgan fingerprint density at radius 1 is 1.15 bits per heavy atom. The number of hydrogen-bond donors (Lipinski definition) is 2. The molecule has 0 saturated heterocycles. The lowest BCUT2D eigenvalue weighted by Crippen LogP contribution is -2.30. The molecule has 1 aliphatic rings. The Balaban J connectivity index is 1.59. The number of halogens is 2. The van der Waals surface area contributed by atoms with E-state index >= 15 is 0 Å². The van der Waals surface area contributed by atoms with Crippen LogP contribution in [-0.2, 0) is 6.54 Å². The van der Waals surface area contributed by atoms with E-state index in [0.717, 1.165) is 38.4 Å². The Hall–Kier alpha value is -3.35. The summed E-state index contributed by atoms with van der Waals surface area (Å²) in [7, 11) is 0. The smallest absolute Gasteiger partial charge is 0.201 e. The third-order valence-electron chi connectivity index (χ3n) is 5.16. The van der Waals surface area contributed by atoms with Crippen molar-refractivity contribution in [3.63, 3.8) is 0 Å². The lowest BCUT2D eigenvalue weighted by Gasteiger charge is -2.14. The van der Waals surface area contributed by atoms with Gasteiger partial charge in [0.15, 0.2) is 0 Å². The third kappa shape index (κ3) is 6.37. The maximum Gasteiger partial charge on any atom is 0.201 e. The standard InChI is InChI=1S/C27H24ClFN4S/c1-18-7-8-21(15-23(29)13-18)26-25(20-9-11-22(28)12-10-20)14-19(16-31-26)17-32-27(30)33-34-24-5-3-2-4-6-24/h2-14,16H,15,17H2,1H3,(H3,30,32,33). The molecule has 3 N–H and O–H groups in total. The summed E-state index contributed by atoms with van der Waals surface area (Å²) in [5, 5.41) is 3.78. The summed E-state index contributed by atoms with van der Waals surface area (Å²) in [6, 6.07) is 19.4. The minimum Gasteiger partial charge on any atom is -0.369 e. The highest BCUT2D eigenvalue weighted by molar-refractivity contribution is 7.98. The van der Waals surface area contributed by atoms with Gasteiger partial charge < -0.3 is 11.1 Å². The fourth-order valence-corrected chi connectivity index (χ4v) is 4.17. The van der Waals surface area contributed by atoms with E-state index in [2.05, 4.69) is 9.71 Å². The van der Waals surface area contributed by atoms with Crippen LogP contribution in [0, 0.1) is 0 Å². The molecule has 0 atom stereocenters. The Bertz CT molecular complexity index is 1280. The lowest BCUT2D eigenvalue weighted by molar-refractivity contribution is 0.620. The van der Waals surface area contributed by atoms with Gasteiger partial charge in [-0.05, 0) is 65.6 Å². The van der Waals surface area contributed by atoms with Crippen molar-refractivity contribution in [2.24, 2.45) is 10.1 Å². The summed E-state index contributed by atoms with van der Waals surface area (Å²) in [5.41, 5.74) is 11.2. The third-order valence-corrected chi connectivity index (χ3v) is 6.18. The van der Waals surface area contributed by atoms with E-state index in [9.17, 15) is 4.39 Å². The highest BCUT2D eigenvalue weighted by Crippen LogP contribution is 2.34. The minimum atomic E-state index is -0.188. The van der Waals surface area contributed by atoms with E-state index < -0.39 is 0 Å². The molecule has 4 nitrogen and oxygen atoms in total. The summed E-state index contributed by atoms with van der Waals surface area (Å²) < 4.78 is 18.7. The van der Waals surface area contributed by atoms with Crippen molar-refractivity contribution in [3.05, 3.63) is 113 Å². The normalized spacial score (nSPS) is 14.1. The number of nitrogens with two attached hydrogens (primary N) is 1. The van der Waals surface area contributed by atoms with E-state index in [4.69, 9.17) is 22.3 Å². The van der Waals surface area contributed by atoms with Gasteiger partial charge in [-0.2, -0.15) is 4.40 Å². The molecule has 2 aromatic carbocycles. The number of allylic oxidation sites excluding steroid dienone is 6. The Kier molecular flexibility index (Phi) is 7.83. The van der Waals surface area contributed by atoms with Gasteiger partial charge in [-0.15, -0.1) is 0 Å². The maximum atomic E-state index is 14.4. The van der Waals surface area contributed by atoms with Crippen molar-refractivity contribution in [1.82, 2.24) is 10.3 Å². The van der Waals surface area contributed by atoms with Crippen LogP contribution in [0.25, 0.3) is 16.7 Å². The van der Waals surface area contributed by atoms with Crippen molar-refractivity contribution < 1.29 is 4.39 Å². The molecule has 0 saturated carbocycles. The summed E-state index contributed by atoms with van der Waals surface area (Å²) in [5.74, 6) is 0.136. The zero-order valence-corrected chi connectivity index (χ0v) is 20.2. The summed E-state index contributed by atoms with van der Waals surface area (Å²) in [6.45, 7) is 2.33. The van der Waals surface area contributed by atoms with Gasteiger partial charge in [0.2, 0.25) is 5.96 Å². The van der Waals surface area contributed by atoms with Crippen molar-refractivity contribution in [2.45, 2.75) is 24.8 Å². The van der Waals surface area contributed by atoms with Crippen molar-refractivity contribution in [2.75, 3.05) is 0 Å². The molecule has 3 aromatic rings. The first-order chi connectivity index (χ1) is 16.5. The Morgan fingerprint density at radius 3 is 2.68 bits per heavy atom. The highest BCUT2D eigenvalue weighted by atomic mass is 35.5. The lowest BCUT2D eigenvalue weighted by atomic mass is 9.96. The van der Waals surface area contributed by atoms with Crippen molar-refractivity contribution >= 4 is 35.1 Å². The number of nitrogens with zero attached hydrogens (tertiary/aromatic N) is 2. The molecule has 0 fully saturated rings. The second kappa shape index (κ2) is 11.2. The number of pyridine rings is 1. The second-order valence-electron chi connectivity index (χ2n) is 7.85. The van der Waals surface area contributed by atoms with Gasteiger partial charge in [0, 0.05) is 46.6 Å². The molecule has 1 aliphatic carbocycles.